The summed E-state index contributed by atoms with van der Waals surface area (Å²) >= 11 is 6.99. The number of esters is 1. The fraction of sp³-hybridized carbons (Fsp3) is 0.444. The van der Waals surface area contributed by atoms with E-state index in [2.05, 4.69) is 84.0 Å². The number of hydrogen-bond acceptors (Lipinski definition) is 37. The van der Waals surface area contributed by atoms with Gasteiger partial charge in [0.1, 0.15) is 107 Å². The number of allylic oxidation sites excluding steroid dienone is 1. The van der Waals surface area contributed by atoms with Crippen LogP contribution in [0.3, 0.4) is 0 Å². The molecule has 4 aliphatic rings. The van der Waals surface area contributed by atoms with Gasteiger partial charge in [-0.3, -0.25) is 32.2 Å². The Morgan fingerprint density at radius 2 is 1.01 bits per heavy atom. The minimum absolute atomic E-state index is 0. The van der Waals surface area contributed by atoms with Gasteiger partial charge >= 0.3 is 53.6 Å². The van der Waals surface area contributed by atoms with E-state index in [1.54, 1.807) is 0 Å². The second-order valence-electron chi connectivity index (χ2n) is 22.7. The molecule has 0 saturated carbocycles. The number of para-hydroxylation sites is 1. The van der Waals surface area contributed by atoms with E-state index in [1.165, 1.54) is 76.5 Å². The summed E-state index contributed by atoms with van der Waals surface area (Å²) in [6, 6.07) is 10.1. The fourth-order valence-electron chi connectivity index (χ4n) is 9.93. The number of hydrogen-bond donors (Lipinski definition) is 17. The number of halogens is 2. The van der Waals surface area contributed by atoms with Crippen LogP contribution in [0.4, 0.5) is 17.5 Å². The van der Waals surface area contributed by atoms with Gasteiger partial charge in [-0.1, -0.05) is 44.3 Å². The molecule has 11 rings (SSSR count). The molecule has 4 aliphatic heterocycles. The standard InChI is InChI=1S/C13H17N3O6.C12H15N3O7.C12H13N3O6.C9H12IN3O5.C6H4ClN3O.C6H15N.C4H6O2.CH3.Li.H2O.U/c1-6(18)2-3-7-4-16(13(21)15-11(7)14)12-10(20)9(19)8(5-17)22-12;13-10-5(1-2-7(17)18)3-15(12(21)14-10)11-9(20)8(19)6(4-16)22-11;16-4-6-8(18)9(19)11(21-6)15-3-5-1-2-7(17)13-10(5)14-12(15)20;10-3-1-13(9(17)12-7(3)11)8-6(16)5(15)4(2-14)18-8;7-11-10-6-4-2-1-3-5(6)8-9-10;1-4-7(5-2)6-3;1-3-4(5)6-2;;;;/h2-4,8-10,12,17,19-20H,5H2,1H3,(H2,14,15,21);1-3,6,8-9,11,16,19-20H,4H2,(H,17,18)(H2,13,14,21);1-3,6,8-9,11,16,18-19H,4H2,(H,13,14,17,20);1,4-6,8,14-16H,2H2,(H2,11,12,17);1-4H;4-6H2,1-3H3;3H,1H2,2H3;1H3;;1H2;/q;;;;;;;-1;+1;;/p-1/b3-2+;2-1+;;;;;;;;;/t8-,9?,10+,12-;2*6-,8?,9+,11-;4-,5?,6+,8-;;;;;;;/m1111......./s1/i;;;;;;;1T;;;. The summed E-state index contributed by atoms with van der Waals surface area (Å²) in [5.41, 5.74) is 15.2. The first kappa shape index (κ1) is 99.4. The van der Waals surface area contributed by atoms with Crippen LogP contribution in [0.25, 0.3) is 34.2 Å². The Bertz CT molecular complexity index is 4410. The van der Waals surface area contributed by atoms with Gasteiger partial charge in [0.05, 0.1) is 37.1 Å². The number of carbonyl (C=O) groups is 3. The fourth-order valence-corrected chi connectivity index (χ4v) is 10.4. The molecule has 4 unspecified atom stereocenters. The van der Waals surface area contributed by atoms with Crippen LogP contribution in [0.15, 0.2) is 110 Å². The van der Waals surface area contributed by atoms with Crippen LogP contribution in [0.1, 0.15) is 65.1 Å². The smallest absolute Gasteiger partial charge is 0.870 e. The van der Waals surface area contributed by atoms with Crippen LogP contribution in [0, 0.1) is 42.1 Å². The Morgan fingerprint density at radius 1 is 0.631 bits per heavy atom. The predicted molar refractivity (Wildman–Crippen MR) is 390 cm³/mol. The van der Waals surface area contributed by atoms with E-state index < -0.39 is 159 Å². The zero-order chi connectivity index (χ0) is 81.8. The Morgan fingerprint density at radius 3 is 1.35 bits per heavy atom. The zero-order valence-electron chi connectivity index (χ0n) is 61.1. The van der Waals surface area contributed by atoms with Crippen LogP contribution < -0.4 is 68.8 Å². The molecule has 10 heterocycles. The number of aliphatic hydroxyl groups excluding tert-OH is 12. The van der Waals surface area contributed by atoms with Crippen molar-refractivity contribution in [3.05, 3.63) is 160 Å². The number of aromatic amines is 1. The van der Waals surface area contributed by atoms with E-state index in [0.29, 0.717) is 8.96 Å². The summed E-state index contributed by atoms with van der Waals surface area (Å²) < 4.78 is 39.4. The first-order chi connectivity index (χ1) is 51.7. The number of nitrogens with two attached hydrogens (primary N) is 3. The van der Waals surface area contributed by atoms with Crippen LogP contribution >= 0.6 is 34.5 Å². The Labute approximate surface area is 684 Å². The quantitative estimate of drug-likeness (QED) is 0.0132. The van der Waals surface area contributed by atoms with Crippen molar-refractivity contribution in [1.82, 2.24) is 63.2 Å². The van der Waals surface area contributed by atoms with Crippen LogP contribution in [0.5, 0.6) is 0 Å². The van der Waals surface area contributed by atoms with Crippen molar-refractivity contribution < 1.29 is 166 Å². The van der Waals surface area contributed by atoms with Gasteiger partial charge in [0.25, 0.3) is 0 Å². The molecule has 48 heteroatoms. The summed E-state index contributed by atoms with van der Waals surface area (Å²) in [6.45, 7) is 12.6. The second-order valence-corrected chi connectivity index (χ2v) is 24.0. The third kappa shape index (κ3) is 27.0. The van der Waals surface area contributed by atoms with Gasteiger partial charge in [-0.25, -0.2) is 30.1 Å². The number of pyridine rings is 1. The Hall–Kier alpha value is -7.67. The van der Waals surface area contributed by atoms with Gasteiger partial charge in [0, 0.05) is 90.6 Å². The van der Waals surface area contributed by atoms with E-state index in [1.807, 2.05) is 46.9 Å². The van der Waals surface area contributed by atoms with Gasteiger partial charge in [-0.05, 0) is 90.8 Å². The van der Waals surface area contributed by atoms with E-state index in [4.69, 9.17) is 74.9 Å². The number of nitrogens with zero attached hydrogens (tertiary/aromatic N) is 12. The average Bonchev–Trinajstić information content (AvgIpc) is 1.62. The summed E-state index contributed by atoms with van der Waals surface area (Å²) in [4.78, 5) is 110. The predicted octanol–water partition coefficient (Wildman–Crippen LogP) is -8.70. The van der Waals surface area contributed by atoms with E-state index in [-0.39, 0.29) is 101 Å². The van der Waals surface area contributed by atoms with Crippen molar-refractivity contribution in [2.24, 2.45) is 0 Å². The molecule has 44 nitrogen and oxygen atoms in total. The van der Waals surface area contributed by atoms with Crippen molar-refractivity contribution in [1.29, 1.82) is 0 Å². The van der Waals surface area contributed by atoms with Crippen molar-refractivity contribution in [2.75, 3.05) is 70.4 Å². The molecule has 111 heavy (non-hydrogen) atoms. The molecule has 606 valence electrons. The van der Waals surface area contributed by atoms with Crippen LogP contribution in [-0.2, 0) is 38.1 Å². The molecular formula is C63H86ClILiN16O28U-. The summed E-state index contributed by atoms with van der Waals surface area (Å²) in [6.07, 6.45) is -8.73. The molecule has 1 aromatic carbocycles. The number of carboxylic acids is 1. The number of benzene rings is 1. The maximum absolute atomic E-state index is 12.0. The minimum atomic E-state index is -1.46. The number of H-pyrrole nitrogens is 1. The van der Waals surface area contributed by atoms with Gasteiger partial charge in [-0.15, -0.1) is 5.10 Å². The SMILES string of the molecule is C=CC(=O)OC.CC(=O)/C=C/c1cn([C@@H]2O[C@H](CO)C(O)[C@@H]2O)c(=O)nc1N.CCN(CC)CC.ClOn1nnc2ccccc21.Nc1nc(=O)n([C@@H]2O[C@H](CO)C(O)[C@@H]2O)cc1/C=C/C(=O)O.Nc1nc(=O)n([C@@H]2O[C@H](CO)C(O)[C@@H]2O)cc1I.O=c1ccc2cn([C@@H]3O[C@H](CO)C(O)[C@@H]3O)c(=O)nc2[nH]1.[3H][CH2-].[Li+].[OH-].[U]. The van der Waals surface area contributed by atoms with E-state index >= 15 is 0 Å². The van der Waals surface area contributed by atoms with Gasteiger partial charge in [0.2, 0.25) is 5.56 Å². The number of carboxylic acid groups (broad SMARTS) is 1. The first-order valence-electron chi connectivity index (χ1n) is 32.5. The molecule has 21 N–H and O–H groups in total. The van der Waals surface area contributed by atoms with Crippen molar-refractivity contribution in [3.63, 3.8) is 0 Å². The Kier molecular flexibility index (Phi) is 43.3. The number of nitrogens with one attached hydrogen (secondary N) is 1. The molecule has 7 aromatic rings. The molecule has 4 saturated heterocycles. The maximum Gasteiger partial charge on any atom is 1.00 e. The number of ether oxygens (including phenoxy) is 5. The molecule has 0 aliphatic carbocycles. The largest absolute Gasteiger partial charge is 1.00 e. The molecule has 6 aromatic heterocycles. The number of nitrogen functional groups attached to an aromatic ring is 3. The number of fused-ring (bicyclic) bond motifs is 2. The number of aliphatic hydroxyl groups is 12. The molecular weight excluding hydrogens is 1840 g/mol. The number of carbonyl (C=O) groups excluding carboxylic acids is 2. The monoisotopic (exact) mass is 1920 g/mol. The maximum atomic E-state index is 12.0. The minimum Gasteiger partial charge on any atom is -0.870 e. The molecule has 4 fully saturated rings. The van der Waals surface area contributed by atoms with Crippen molar-refractivity contribution in [2.45, 2.75) is 126 Å². The normalized spacial score (nSPS) is 24.0. The van der Waals surface area contributed by atoms with Gasteiger partial charge in [-0.2, -0.15) is 19.9 Å². The number of aromatic nitrogens is 12. The molecule has 0 amide bonds. The summed E-state index contributed by atoms with van der Waals surface area (Å²) in [5, 5.41) is 131. The molecule has 16 atom stereocenters. The molecule has 0 spiro atoms. The van der Waals surface area contributed by atoms with Gasteiger partial charge < -0.3 is 130 Å². The number of methoxy groups -OCH3 is 1. The summed E-state index contributed by atoms with van der Waals surface area (Å²) in [5.74, 6) is -2.01. The second kappa shape index (κ2) is 48.4. The molecule has 0 bridgehead atoms. The summed E-state index contributed by atoms with van der Waals surface area (Å²) in [7, 11) is 3.81. The van der Waals surface area contributed by atoms with Crippen molar-refractivity contribution >= 4 is 104 Å². The zero-order valence-corrected chi connectivity index (χ0v) is 67.2. The number of aliphatic carboxylic acids is 1. The average molecular weight is 1920 g/mol. The third-order valence-corrected chi connectivity index (χ3v) is 16.7. The molecule has 0 radical (unpaired) electrons. The van der Waals surface area contributed by atoms with Crippen LogP contribution in [-0.4, -0.2) is 279 Å². The van der Waals surface area contributed by atoms with Crippen LogP contribution in [0.2, 0.25) is 0 Å². The van der Waals surface area contributed by atoms with E-state index in [0.717, 1.165) is 58.6 Å². The third-order valence-electron chi connectivity index (χ3n) is 15.8. The van der Waals surface area contributed by atoms with Crippen molar-refractivity contribution in [3.8, 4) is 0 Å². The number of rotatable bonds is 17. The van der Waals surface area contributed by atoms with E-state index in [9.17, 15) is 79.2 Å². The number of anilines is 3. The topological polar surface area (TPSA) is 684 Å². The van der Waals surface area contributed by atoms with Gasteiger partial charge in [0.15, 0.2) is 42.6 Å². The Balaban J connectivity index is 0.000000671. The number of ketones is 1. The first-order valence-corrected chi connectivity index (χ1v) is 33.2.